The molecule has 1 atom stereocenters. The van der Waals surface area contributed by atoms with Crippen LogP contribution in [0, 0.1) is 0 Å². The van der Waals surface area contributed by atoms with E-state index in [1.165, 1.54) is 5.56 Å². The van der Waals surface area contributed by atoms with E-state index in [0.29, 0.717) is 12.5 Å². The molecule has 20 heavy (non-hydrogen) atoms. The van der Waals surface area contributed by atoms with Crippen molar-refractivity contribution in [2.24, 2.45) is 5.73 Å². The molecule has 0 amide bonds. The molecule has 0 radical (unpaired) electrons. The van der Waals surface area contributed by atoms with Gasteiger partial charge >= 0.3 is 0 Å². The highest BCUT2D eigenvalue weighted by molar-refractivity contribution is 7.87. The molecule has 0 spiro atoms. The molecule has 0 aliphatic rings. The molecule has 1 unspecified atom stereocenters. The van der Waals surface area contributed by atoms with Crippen LogP contribution in [0.15, 0.2) is 24.3 Å². The Hall–Kier alpha value is -0.660. The van der Waals surface area contributed by atoms with Gasteiger partial charge in [0.15, 0.2) is 0 Å². The maximum atomic E-state index is 11.4. The minimum atomic E-state index is -3.44. The summed E-state index contributed by atoms with van der Waals surface area (Å²) in [6, 6.07) is 7.59. The van der Waals surface area contributed by atoms with Gasteiger partial charge in [0.05, 0.1) is 0 Å². The van der Waals surface area contributed by atoms with Gasteiger partial charge in [-0.05, 0) is 17.0 Å². The van der Waals surface area contributed by atoms with Crippen molar-refractivity contribution < 1.29 is 8.42 Å². The van der Waals surface area contributed by atoms with Crippen molar-refractivity contribution in [2.45, 2.75) is 32.7 Å². The summed E-state index contributed by atoms with van der Waals surface area (Å²) in [5.74, 6) is 0.470. The summed E-state index contributed by atoms with van der Waals surface area (Å²) in [6.07, 6.45) is 0. The first kappa shape index (κ1) is 19.3. The Labute approximate surface area is 127 Å². The Morgan fingerprint density at radius 3 is 2.05 bits per heavy atom. The van der Waals surface area contributed by atoms with E-state index in [9.17, 15) is 8.42 Å². The molecule has 0 saturated heterocycles. The fraction of sp³-hybridized carbons (Fsp3) is 0.538. The van der Waals surface area contributed by atoms with Gasteiger partial charge in [0.2, 0.25) is 0 Å². The third-order valence-corrected chi connectivity index (χ3v) is 4.07. The molecule has 116 valence electrons. The molecular formula is C13H24ClN3O2S. The van der Waals surface area contributed by atoms with E-state index < -0.39 is 10.2 Å². The number of hydrogen-bond donors (Lipinski definition) is 3. The summed E-state index contributed by atoms with van der Waals surface area (Å²) < 4.78 is 27.7. The van der Waals surface area contributed by atoms with Crippen LogP contribution in [0.1, 0.15) is 43.9 Å². The molecule has 4 N–H and O–H groups in total. The molecule has 1 rings (SSSR count). The minimum absolute atomic E-state index is 0. The van der Waals surface area contributed by atoms with Gasteiger partial charge in [0, 0.05) is 19.1 Å². The highest BCUT2D eigenvalue weighted by atomic mass is 35.5. The van der Waals surface area contributed by atoms with Crippen molar-refractivity contribution in [3.8, 4) is 0 Å². The standard InChI is InChI=1S/C13H23N3O2S.ClH/c1-4-15-19(17,18)16-9-13(14)12-7-5-11(6-8-12)10(2)3;/h5-8,10,13,15-16H,4,9,14H2,1-3H3;1H. The van der Waals surface area contributed by atoms with Crippen LogP contribution in [0.25, 0.3) is 0 Å². The molecule has 1 aromatic carbocycles. The van der Waals surface area contributed by atoms with Crippen LogP contribution in [0.3, 0.4) is 0 Å². The SMILES string of the molecule is CCNS(=O)(=O)NCC(N)c1ccc(C(C)C)cc1.Cl. The predicted octanol–water partition coefficient (Wildman–Crippen LogP) is 1.68. The maximum Gasteiger partial charge on any atom is 0.276 e. The second-order valence-corrected chi connectivity index (χ2v) is 6.36. The van der Waals surface area contributed by atoms with E-state index in [-0.39, 0.29) is 25.0 Å². The minimum Gasteiger partial charge on any atom is -0.323 e. The highest BCUT2D eigenvalue weighted by Gasteiger charge is 2.12. The van der Waals surface area contributed by atoms with Crippen molar-refractivity contribution >= 4 is 22.6 Å². The molecule has 1 aromatic rings. The van der Waals surface area contributed by atoms with Gasteiger partial charge in [0.1, 0.15) is 0 Å². The Balaban J connectivity index is 0.00000361. The normalized spacial score (nSPS) is 13.1. The van der Waals surface area contributed by atoms with E-state index >= 15 is 0 Å². The van der Waals surface area contributed by atoms with Crippen molar-refractivity contribution in [3.05, 3.63) is 35.4 Å². The zero-order chi connectivity index (χ0) is 14.5. The molecule has 7 heteroatoms. The van der Waals surface area contributed by atoms with Crippen molar-refractivity contribution in [2.75, 3.05) is 13.1 Å². The fourth-order valence-corrected chi connectivity index (χ4v) is 2.57. The lowest BCUT2D eigenvalue weighted by Crippen LogP contribution is -2.40. The number of rotatable bonds is 7. The zero-order valence-electron chi connectivity index (χ0n) is 12.1. The predicted molar refractivity (Wildman–Crippen MR) is 85.3 cm³/mol. The molecule has 0 aliphatic carbocycles. The highest BCUT2D eigenvalue weighted by Crippen LogP contribution is 2.17. The monoisotopic (exact) mass is 321 g/mol. The average Bonchev–Trinajstić information content (AvgIpc) is 2.36. The summed E-state index contributed by atoms with van der Waals surface area (Å²) in [4.78, 5) is 0. The van der Waals surface area contributed by atoms with Crippen molar-refractivity contribution in [3.63, 3.8) is 0 Å². The van der Waals surface area contributed by atoms with Gasteiger partial charge in [-0.15, -0.1) is 12.4 Å². The summed E-state index contributed by atoms with van der Waals surface area (Å²) in [5.41, 5.74) is 8.13. The molecule has 0 fully saturated rings. The van der Waals surface area contributed by atoms with E-state index in [0.717, 1.165) is 5.56 Å². The van der Waals surface area contributed by atoms with E-state index in [2.05, 4.69) is 23.3 Å². The molecule has 0 aliphatic heterocycles. The van der Waals surface area contributed by atoms with Gasteiger partial charge in [-0.25, -0.2) is 9.44 Å². The smallest absolute Gasteiger partial charge is 0.276 e. The molecule has 0 aromatic heterocycles. The number of benzene rings is 1. The Bertz CT molecular complexity index is 489. The van der Waals surface area contributed by atoms with Crippen LogP contribution in [0.2, 0.25) is 0 Å². The second kappa shape index (κ2) is 8.59. The van der Waals surface area contributed by atoms with Crippen LogP contribution >= 0.6 is 12.4 Å². The van der Waals surface area contributed by atoms with E-state index in [4.69, 9.17) is 5.73 Å². The summed E-state index contributed by atoms with van der Waals surface area (Å²) in [5, 5.41) is 0. The van der Waals surface area contributed by atoms with Crippen LogP contribution < -0.4 is 15.2 Å². The molecule has 0 bridgehead atoms. The van der Waals surface area contributed by atoms with Crippen LogP contribution in [0.4, 0.5) is 0 Å². The topological polar surface area (TPSA) is 84.2 Å². The molecule has 0 saturated carbocycles. The third-order valence-electron chi connectivity index (χ3n) is 2.86. The average molecular weight is 322 g/mol. The fourth-order valence-electron chi connectivity index (χ4n) is 1.69. The van der Waals surface area contributed by atoms with Gasteiger partial charge in [-0.2, -0.15) is 8.42 Å². The third kappa shape index (κ3) is 6.19. The quantitative estimate of drug-likeness (QED) is 0.714. The van der Waals surface area contributed by atoms with Crippen LogP contribution in [0.5, 0.6) is 0 Å². The van der Waals surface area contributed by atoms with Crippen molar-refractivity contribution in [1.82, 2.24) is 9.44 Å². The largest absolute Gasteiger partial charge is 0.323 e. The number of nitrogens with one attached hydrogen (secondary N) is 2. The Morgan fingerprint density at radius 1 is 1.10 bits per heavy atom. The summed E-state index contributed by atoms with van der Waals surface area (Å²) in [6.45, 7) is 6.51. The second-order valence-electron chi connectivity index (χ2n) is 4.78. The summed E-state index contributed by atoms with van der Waals surface area (Å²) >= 11 is 0. The molecule has 0 heterocycles. The summed E-state index contributed by atoms with van der Waals surface area (Å²) in [7, 11) is -3.44. The van der Waals surface area contributed by atoms with Crippen LogP contribution in [-0.4, -0.2) is 21.5 Å². The zero-order valence-corrected chi connectivity index (χ0v) is 13.7. The molecule has 5 nitrogen and oxygen atoms in total. The first-order valence-electron chi connectivity index (χ1n) is 6.45. The van der Waals surface area contributed by atoms with Gasteiger partial charge < -0.3 is 5.73 Å². The number of hydrogen-bond acceptors (Lipinski definition) is 3. The van der Waals surface area contributed by atoms with E-state index in [1.54, 1.807) is 6.92 Å². The van der Waals surface area contributed by atoms with Gasteiger partial charge in [-0.1, -0.05) is 45.0 Å². The number of halogens is 1. The van der Waals surface area contributed by atoms with Crippen molar-refractivity contribution in [1.29, 1.82) is 0 Å². The lowest BCUT2D eigenvalue weighted by atomic mass is 9.99. The lowest BCUT2D eigenvalue weighted by Gasteiger charge is -2.14. The Kier molecular flexibility index (Phi) is 8.30. The maximum absolute atomic E-state index is 11.4. The van der Waals surface area contributed by atoms with Gasteiger partial charge in [-0.3, -0.25) is 0 Å². The first-order valence-corrected chi connectivity index (χ1v) is 7.93. The van der Waals surface area contributed by atoms with Crippen LogP contribution in [-0.2, 0) is 10.2 Å². The molecular weight excluding hydrogens is 298 g/mol. The van der Waals surface area contributed by atoms with Gasteiger partial charge in [0.25, 0.3) is 10.2 Å². The first-order chi connectivity index (χ1) is 8.85. The lowest BCUT2D eigenvalue weighted by molar-refractivity contribution is 0.560. The Morgan fingerprint density at radius 2 is 1.60 bits per heavy atom. The van der Waals surface area contributed by atoms with E-state index in [1.807, 2.05) is 24.3 Å². The number of nitrogens with two attached hydrogens (primary N) is 1.